The van der Waals surface area contributed by atoms with Crippen LogP contribution in [0.3, 0.4) is 0 Å². The maximum absolute atomic E-state index is 11.6. The zero-order valence-corrected chi connectivity index (χ0v) is 47.3. The number of aliphatic hydroxyl groups excluding tert-OH is 4. The standard InChI is InChI=1S/C22H24N2O7.C19H25BrO6.C15H19BN2O3.CH4/c1-11-9-15(13-3-5-14(6-4-13)21-24-23-12(2)29-21)7-8-16(11)30-22-20(28)19(27)18(26)17(10-25)31-22;1-10-8-15(20)6-7-16(10)25-19-18(24-14(5)22)12(3)11(2)17(26-19)9-23-13(4)21;1-10-17-18-13(19-10)11-6-8-12(9-7-11)16-20-14(2,3)15(4,5)21-16;/h3-9,17-20,22,25-28H,10H2,1-2H3;6-8,11-12,17-19H,9H2,1-5H3;6-9H,1-5H3;1H4. The van der Waals surface area contributed by atoms with Crippen LogP contribution >= 0.6 is 15.9 Å². The van der Waals surface area contributed by atoms with Gasteiger partial charge in [0, 0.05) is 49.2 Å². The third kappa shape index (κ3) is 15.2. The van der Waals surface area contributed by atoms with Gasteiger partial charge in [-0.1, -0.05) is 67.5 Å². The highest BCUT2D eigenvalue weighted by molar-refractivity contribution is 9.10. The summed E-state index contributed by atoms with van der Waals surface area (Å²) in [6.45, 7) is 21.8. The van der Waals surface area contributed by atoms with Crippen LogP contribution < -0.4 is 14.9 Å². The van der Waals surface area contributed by atoms with Gasteiger partial charge < -0.3 is 67.0 Å². The van der Waals surface area contributed by atoms with Crippen molar-refractivity contribution in [2.45, 2.75) is 151 Å². The fourth-order valence-electron chi connectivity index (χ4n) is 8.61. The summed E-state index contributed by atoms with van der Waals surface area (Å²) in [7, 11) is -0.353. The Bertz CT molecular complexity index is 2950. The van der Waals surface area contributed by atoms with Gasteiger partial charge in [-0.05, 0) is 130 Å². The average Bonchev–Trinajstić information content (AvgIpc) is 4.20. The molecule has 3 aliphatic heterocycles. The van der Waals surface area contributed by atoms with E-state index in [2.05, 4.69) is 36.3 Å². The van der Waals surface area contributed by atoms with Crippen molar-refractivity contribution in [3.8, 4) is 45.5 Å². The van der Waals surface area contributed by atoms with Gasteiger partial charge in [0.1, 0.15) is 42.5 Å². The lowest BCUT2D eigenvalue weighted by molar-refractivity contribution is -0.277. The third-order valence-corrected chi connectivity index (χ3v) is 14.6. The van der Waals surface area contributed by atoms with E-state index in [0.717, 1.165) is 43.3 Å². The van der Waals surface area contributed by atoms with Crippen LogP contribution in [0.15, 0.2) is 98.2 Å². The van der Waals surface area contributed by atoms with Gasteiger partial charge in [0.2, 0.25) is 36.1 Å². The molecule has 10 atom stereocenters. The molecule has 3 saturated heterocycles. The molecule has 22 heteroatoms. The summed E-state index contributed by atoms with van der Waals surface area (Å²) in [5.41, 5.74) is 5.65. The Balaban J connectivity index is 0.000000194. The maximum Gasteiger partial charge on any atom is 0.494 e. The number of aromatic nitrogens is 4. The van der Waals surface area contributed by atoms with Crippen LogP contribution in [0.1, 0.15) is 85.7 Å². The molecule has 6 aromatic rings. The fraction of sp³-hybridized carbons (Fsp3) is 0.474. The summed E-state index contributed by atoms with van der Waals surface area (Å²) in [5, 5.41) is 55.0. The first kappa shape index (κ1) is 62.1. The molecule has 4 N–H and O–H groups in total. The van der Waals surface area contributed by atoms with Crippen LogP contribution in [0.5, 0.6) is 11.5 Å². The van der Waals surface area contributed by atoms with E-state index >= 15 is 0 Å². The number of aryl methyl sites for hydroxylation is 4. The SMILES string of the molecule is C.CC(=O)OCC1OC(Oc2ccc(Br)cc2C)C(OC(C)=O)C(C)C1C.Cc1nnc(-c2ccc(-c3ccc(OC4OC(CO)C(O)C(O)C4O)c(C)c3)cc2)o1.Cc1nnc(-c2ccc(B3OC(C)(C)C(C)(C)O3)cc2)o1. The molecule has 3 aliphatic rings. The first-order valence-electron chi connectivity index (χ1n) is 25.5. The molecule has 9 rings (SSSR count). The Hall–Kier alpha value is -6.08. The molecule has 20 nitrogen and oxygen atoms in total. The van der Waals surface area contributed by atoms with Crippen molar-refractivity contribution in [3.63, 3.8) is 0 Å². The summed E-state index contributed by atoms with van der Waals surface area (Å²) in [6.07, 6.45) is -8.32. The molecule has 426 valence electrons. The normalized spacial score (nSPS) is 24.8. The minimum atomic E-state index is -1.49. The van der Waals surface area contributed by atoms with Gasteiger partial charge in [-0.3, -0.25) is 9.59 Å². The minimum absolute atomic E-state index is 0. The van der Waals surface area contributed by atoms with Crippen molar-refractivity contribution in [2.75, 3.05) is 13.2 Å². The van der Waals surface area contributed by atoms with Gasteiger partial charge in [-0.25, -0.2) is 0 Å². The van der Waals surface area contributed by atoms with Crippen molar-refractivity contribution in [1.82, 2.24) is 20.4 Å². The topological polar surface area (TPSA) is 267 Å². The van der Waals surface area contributed by atoms with Gasteiger partial charge in [0.05, 0.1) is 23.9 Å². The number of halogens is 1. The number of hydrogen-bond acceptors (Lipinski definition) is 20. The molecule has 4 aromatic carbocycles. The number of esters is 2. The summed E-state index contributed by atoms with van der Waals surface area (Å²) in [5.74, 6) is 2.36. The van der Waals surface area contributed by atoms with E-state index < -0.39 is 55.7 Å². The Morgan fingerprint density at radius 2 is 1.11 bits per heavy atom. The highest BCUT2D eigenvalue weighted by Gasteiger charge is 2.52. The highest BCUT2D eigenvalue weighted by Crippen LogP contribution is 2.38. The second-order valence-corrected chi connectivity index (χ2v) is 21.4. The van der Waals surface area contributed by atoms with Gasteiger partial charge in [-0.2, -0.15) is 0 Å². The second-order valence-electron chi connectivity index (χ2n) is 20.5. The average molecular weight is 1160 g/mol. The van der Waals surface area contributed by atoms with Gasteiger partial charge in [-0.15, -0.1) is 20.4 Å². The molecule has 0 radical (unpaired) electrons. The van der Waals surface area contributed by atoms with E-state index in [1.807, 2.05) is 134 Å². The fourth-order valence-corrected chi connectivity index (χ4v) is 9.09. The van der Waals surface area contributed by atoms with Crippen molar-refractivity contribution in [3.05, 3.63) is 112 Å². The summed E-state index contributed by atoms with van der Waals surface area (Å²) in [6, 6.07) is 26.7. The molecular weight excluding hydrogens is 1090 g/mol. The number of carbonyl (C=O) groups excluding carboxylic acids is 2. The van der Waals surface area contributed by atoms with E-state index in [0.29, 0.717) is 35.1 Å². The quantitative estimate of drug-likeness (QED) is 0.0672. The lowest BCUT2D eigenvalue weighted by Crippen LogP contribution is -2.60. The van der Waals surface area contributed by atoms with Gasteiger partial charge in [0.25, 0.3) is 0 Å². The Morgan fingerprint density at radius 1 is 0.620 bits per heavy atom. The molecule has 0 saturated carbocycles. The lowest BCUT2D eigenvalue weighted by atomic mass is 9.79. The van der Waals surface area contributed by atoms with Crippen molar-refractivity contribution < 1.29 is 76.6 Å². The zero-order valence-electron chi connectivity index (χ0n) is 45.7. The first-order valence-corrected chi connectivity index (χ1v) is 26.3. The second kappa shape index (κ2) is 26.5. The molecule has 10 unspecified atom stereocenters. The first-order chi connectivity index (χ1) is 36.8. The van der Waals surface area contributed by atoms with E-state index in [1.165, 1.54) is 13.8 Å². The van der Waals surface area contributed by atoms with E-state index in [4.69, 9.17) is 46.6 Å². The summed E-state index contributed by atoms with van der Waals surface area (Å²) >= 11 is 3.42. The smallest absolute Gasteiger partial charge is 0.463 e. The number of aliphatic hydroxyl groups is 4. The highest BCUT2D eigenvalue weighted by atomic mass is 79.9. The number of rotatable bonds is 12. The molecule has 3 fully saturated rings. The largest absolute Gasteiger partial charge is 0.494 e. The number of hydrogen-bond donors (Lipinski definition) is 4. The molecule has 79 heavy (non-hydrogen) atoms. The lowest BCUT2D eigenvalue weighted by Gasteiger charge is -2.43. The Kier molecular flexibility index (Phi) is 20.8. The van der Waals surface area contributed by atoms with Crippen molar-refractivity contribution in [2.24, 2.45) is 11.8 Å². The summed E-state index contributed by atoms with van der Waals surface area (Å²) < 4.78 is 57.7. The van der Waals surface area contributed by atoms with Crippen molar-refractivity contribution >= 4 is 40.4 Å². The molecule has 5 heterocycles. The summed E-state index contributed by atoms with van der Waals surface area (Å²) in [4.78, 5) is 22.7. The molecule has 0 aliphatic carbocycles. The van der Waals surface area contributed by atoms with E-state index in [1.54, 1.807) is 19.9 Å². The van der Waals surface area contributed by atoms with Crippen LogP contribution in [0.4, 0.5) is 0 Å². The monoisotopic (exact) mass is 1160 g/mol. The minimum Gasteiger partial charge on any atom is -0.463 e. The van der Waals surface area contributed by atoms with Crippen LogP contribution in [-0.4, -0.2) is 133 Å². The number of ether oxygens (including phenoxy) is 6. The van der Waals surface area contributed by atoms with Crippen LogP contribution in [0, 0.1) is 39.5 Å². The molecule has 0 spiro atoms. The number of carbonyl (C=O) groups is 2. The Labute approximate surface area is 469 Å². The zero-order chi connectivity index (χ0) is 56.8. The predicted molar refractivity (Wildman–Crippen MR) is 295 cm³/mol. The third-order valence-electron chi connectivity index (χ3n) is 14.1. The van der Waals surface area contributed by atoms with E-state index in [-0.39, 0.29) is 56.3 Å². The van der Waals surface area contributed by atoms with Crippen LogP contribution in [0.25, 0.3) is 34.0 Å². The van der Waals surface area contributed by atoms with Gasteiger partial charge in [0.15, 0.2) is 6.10 Å². The predicted octanol–water partition coefficient (Wildman–Crippen LogP) is 7.81. The molecular formula is C57H72BBrN4O16. The number of benzene rings is 4. The molecule has 2 aromatic heterocycles. The maximum atomic E-state index is 11.6. The molecule has 0 bridgehead atoms. The van der Waals surface area contributed by atoms with Crippen LogP contribution in [0.2, 0.25) is 0 Å². The van der Waals surface area contributed by atoms with Crippen molar-refractivity contribution in [1.29, 1.82) is 0 Å². The Morgan fingerprint density at radius 3 is 1.61 bits per heavy atom. The van der Waals surface area contributed by atoms with Crippen LogP contribution in [-0.2, 0) is 37.8 Å². The van der Waals surface area contributed by atoms with Gasteiger partial charge >= 0.3 is 19.1 Å². The number of nitrogens with zero attached hydrogens (tertiary/aromatic N) is 4. The molecule has 0 amide bonds. The van der Waals surface area contributed by atoms with E-state index in [9.17, 15) is 30.0 Å².